The van der Waals surface area contributed by atoms with Crippen molar-refractivity contribution in [1.82, 2.24) is 14.7 Å². The molecular weight excluding hydrogens is 248 g/mol. The van der Waals surface area contributed by atoms with Crippen molar-refractivity contribution < 1.29 is 0 Å². The minimum atomic E-state index is 0.460. The molecule has 4 heteroatoms. The van der Waals surface area contributed by atoms with Gasteiger partial charge in [-0.1, -0.05) is 24.3 Å². The van der Waals surface area contributed by atoms with Crippen molar-refractivity contribution in [3.63, 3.8) is 0 Å². The minimum Gasteiger partial charge on any atom is -0.329 e. The second-order valence-electron chi connectivity index (χ2n) is 5.61. The molecule has 2 N–H and O–H groups in total. The number of aryl methyl sites for hydroxylation is 1. The number of fused-ring (bicyclic) bond motifs is 1. The highest BCUT2D eigenvalue weighted by Gasteiger charge is 2.24. The molecule has 0 aliphatic carbocycles. The van der Waals surface area contributed by atoms with Crippen LogP contribution in [-0.2, 0) is 26.4 Å². The topological polar surface area (TPSA) is 47.1 Å². The first-order valence-electron chi connectivity index (χ1n) is 7.24. The fourth-order valence-electron chi connectivity index (χ4n) is 3.01. The molecule has 106 valence electrons. The predicted molar refractivity (Wildman–Crippen MR) is 80.3 cm³/mol. The SMILES string of the molecule is Cn1cc(CCN2Cc3ccccc3CC2CN)cn1. The summed E-state index contributed by atoms with van der Waals surface area (Å²) in [7, 11) is 1.96. The number of aromatic nitrogens is 2. The molecule has 0 radical (unpaired) electrons. The van der Waals surface area contributed by atoms with Crippen molar-refractivity contribution in [3.05, 3.63) is 53.3 Å². The first kappa shape index (κ1) is 13.3. The standard InChI is InChI=1S/C16H22N4/c1-19-11-13(10-18-19)6-7-20-12-15-5-3-2-4-14(15)8-16(20)9-17/h2-5,10-11,16H,6-9,12,17H2,1H3. The Bertz CT molecular complexity index is 575. The normalized spacial score (nSPS) is 19.0. The first-order chi connectivity index (χ1) is 9.76. The molecule has 3 rings (SSSR count). The molecule has 2 heterocycles. The lowest BCUT2D eigenvalue weighted by atomic mass is 9.93. The number of benzene rings is 1. The number of rotatable bonds is 4. The highest BCUT2D eigenvalue weighted by molar-refractivity contribution is 5.30. The lowest BCUT2D eigenvalue weighted by molar-refractivity contribution is 0.178. The molecule has 1 atom stereocenters. The van der Waals surface area contributed by atoms with E-state index in [2.05, 4.69) is 40.5 Å². The van der Waals surface area contributed by atoms with Crippen LogP contribution < -0.4 is 5.73 Å². The van der Waals surface area contributed by atoms with Crippen LogP contribution in [-0.4, -0.2) is 33.8 Å². The Labute approximate surface area is 120 Å². The molecule has 1 aliphatic rings. The highest BCUT2D eigenvalue weighted by Crippen LogP contribution is 2.22. The van der Waals surface area contributed by atoms with E-state index in [0.29, 0.717) is 6.04 Å². The molecule has 20 heavy (non-hydrogen) atoms. The van der Waals surface area contributed by atoms with Crippen LogP contribution in [0.15, 0.2) is 36.7 Å². The summed E-state index contributed by atoms with van der Waals surface area (Å²) in [6, 6.07) is 9.18. The molecule has 1 unspecified atom stereocenters. The van der Waals surface area contributed by atoms with E-state index in [-0.39, 0.29) is 0 Å². The van der Waals surface area contributed by atoms with Crippen molar-refractivity contribution in [2.75, 3.05) is 13.1 Å². The summed E-state index contributed by atoms with van der Waals surface area (Å²) in [5, 5.41) is 4.23. The van der Waals surface area contributed by atoms with Gasteiger partial charge in [-0.3, -0.25) is 9.58 Å². The molecule has 0 saturated heterocycles. The highest BCUT2D eigenvalue weighted by atomic mass is 15.2. The summed E-state index contributed by atoms with van der Waals surface area (Å²) in [5.41, 5.74) is 10.2. The molecule has 0 spiro atoms. The number of nitrogens with two attached hydrogens (primary N) is 1. The summed E-state index contributed by atoms with van der Waals surface area (Å²) < 4.78 is 1.86. The maximum absolute atomic E-state index is 5.97. The zero-order valence-electron chi connectivity index (χ0n) is 12.0. The predicted octanol–water partition coefficient (Wildman–Crippen LogP) is 1.35. The van der Waals surface area contributed by atoms with Gasteiger partial charge in [0.2, 0.25) is 0 Å². The third kappa shape index (κ3) is 2.76. The fraction of sp³-hybridized carbons (Fsp3) is 0.438. The number of hydrogen-bond donors (Lipinski definition) is 1. The van der Waals surface area contributed by atoms with Crippen LogP contribution in [0, 0.1) is 0 Å². The Morgan fingerprint density at radius 3 is 2.80 bits per heavy atom. The van der Waals surface area contributed by atoms with E-state index >= 15 is 0 Å². The summed E-state index contributed by atoms with van der Waals surface area (Å²) >= 11 is 0. The lowest BCUT2D eigenvalue weighted by Gasteiger charge is -2.36. The largest absolute Gasteiger partial charge is 0.329 e. The van der Waals surface area contributed by atoms with E-state index in [1.165, 1.54) is 16.7 Å². The average Bonchev–Trinajstić information content (AvgIpc) is 2.89. The molecule has 1 aliphatic heterocycles. The molecular formula is C16H22N4. The number of nitrogens with zero attached hydrogens (tertiary/aromatic N) is 3. The fourth-order valence-corrected chi connectivity index (χ4v) is 3.01. The van der Waals surface area contributed by atoms with Crippen molar-refractivity contribution in [2.45, 2.75) is 25.4 Å². The maximum atomic E-state index is 5.97. The van der Waals surface area contributed by atoms with Crippen LogP contribution in [0.1, 0.15) is 16.7 Å². The monoisotopic (exact) mass is 270 g/mol. The average molecular weight is 270 g/mol. The maximum Gasteiger partial charge on any atom is 0.0522 e. The van der Waals surface area contributed by atoms with E-state index in [9.17, 15) is 0 Å². The number of hydrogen-bond acceptors (Lipinski definition) is 3. The molecule has 0 bridgehead atoms. The molecule has 0 fully saturated rings. The van der Waals surface area contributed by atoms with Crippen LogP contribution in [0.5, 0.6) is 0 Å². The van der Waals surface area contributed by atoms with Gasteiger partial charge in [0.05, 0.1) is 6.20 Å². The van der Waals surface area contributed by atoms with Crippen molar-refractivity contribution >= 4 is 0 Å². The Balaban J connectivity index is 1.69. The smallest absolute Gasteiger partial charge is 0.0522 e. The van der Waals surface area contributed by atoms with E-state index in [1.807, 2.05) is 17.9 Å². The zero-order chi connectivity index (χ0) is 13.9. The Hall–Kier alpha value is -1.65. The zero-order valence-corrected chi connectivity index (χ0v) is 12.0. The molecule has 1 aromatic carbocycles. The second kappa shape index (κ2) is 5.77. The molecule has 4 nitrogen and oxygen atoms in total. The van der Waals surface area contributed by atoms with E-state index in [1.54, 1.807) is 0 Å². The molecule has 1 aromatic heterocycles. The van der Waals surface area contributed by atoms with E-state index in [4.69, 9.17) is 5.73 Å². The third-order valence-corrected chi connectivity index (χ3v) is 4.18. The second-order valence-corrected chi connectivity index (χ2v) is 5.61. The van der Waals surface area contributed by atoms with Crippen LogP contribution in [0.3, 0.4) is 0 Å². The summed E-state index contributed by atoms with van der Waals surface area (Å²) in [6.07, 6.45) is 6.15. The lowest BCUT2D eigenvalue weighted by Crippen LogP contribution is -2.45. The molecule has 0 saturated carbocycles. The van der Waals surface area contributed by atoms with Gasteiger partial charge >= 0.3 is 0 Å². The van der Waals surface area contributed by atoms with Gasteiger partial charge in [0.25, 0.3) is 0 Å². The van der Waals surface area contributed by atoms with Gasteiger partial charge in [0.1, 0.15) is 0 Å². The van der Waals surface area contributed by atoms with Crippen molar-refractivity contribution in [2.24, 2.45) is 12.8 Å². The minimum absolute atomic E-state index is 0.460. The Morgan fingerprint density at radius 2 is 2.10 bits per heavy atom. The van der Waals surface area contributed by atoms with Crippen LogP contribution in [0.4, 0.5) is 0 Å². The van der Waals surface area contributed by atoms with Crippen molar-refractivity contribution in [3.8, 4) is 0 Å². The van der Waals surface area contributed by atoms with E-state index in [0.717, 1.165) is 32.5 Å². The van der Waals surface area contributed by atoms with Crippen molar-refractivity contribution in [1.29, 1.82) is 0 Å². The summed E-state index contributed by atoms with van der Waals surface area (Å²) in [5.74, 6) is 0. The van der Waals surface area contributed by atoms with Gasteiger partial charge in [-0.05, 0) is 29.5 Å². The molecule has 0 amide bonds. The summed E-state index contributed by atoms with van der Waals surface area (Å²) in [4.78, 5) is 2.51. The first-order valence-corrected chi connectivity index (χ1v) is 7.24. The van der Waals surface area contributed by atoms with Gasteiger partial charge in [-0.25, -0.2) is 0 Å². The van der Waals surface area contributed by atoms with Crippen LogP contribution in [0.2, 0.25) is 0 Å². The van der Waals surface area contributed by atoms with E-state index < -0.39 is 0 Å². The Morgan fingerprint density at radius 1 is 1.30 bits per heavy atom. The Kier molecular flexibility index (Phi) is 3.85. The van der Waals surface area contributed by atoms with Crippen LogP contribution >= 0.6 is 0 Å². The van der Waals surface area contributed by atoms with Crippen LogP contribution in [0.25, 0.3) is 0 Å². The van der Waals surface area contributed by atoms with Gasteiger partial charge < -0.3 is 5.73 Å². The van der Waals surface area contributed by atoms with Gasteiger partial charge in [-0.2, -0.15) is 5.10 Å². The summed E-state index contributed by atoms with van der Waals surface area (Å²) in [6.45, 7) is 2.78. The van der Waals surface area contributed by atoms with Gasteiger partial charge in [0.15, 0.2) is 0 Å². The van der Waals surface area contributed by atoms with Gasteiger partial charge in [0, 0.05) is 38.9 Å². The third-order valence-electron chi connectivity index (χ3n) is 4.18. The van der Waals surface area contributed by atoms with Gasteiger partial charge in [-0.15, -0.1) is 0 Å². The molecule has 2 aromatic rings. The quantitative estimate of drug-likeness (QED) is 0.912.